The summed E-state index contributed by atoms with van der Waals surface area (Å²) in [6, 6.07) is 1.82. The molecule has 0 saturated heterocycles. The monoisotopic (exact) mass is 152 g/mol. The Bertz CT molecular complexity index is 252. The average molecular weight is 152 g/mol. The van der Waals surface area contributed by atoms with E-state index in [1.165, 1.54) is 12.8 Å². The first-order chi connectivity index (χ1) is 5.27. The standard InChI is InChI=1S/C8H12N2O/c1-5(6-2-3-6)7-4-8(9)10-11-7/h4-6H,2-3H2,1H3,(H2,9,10). The van der Waals surface area contributed by atoms with Gasteiger partial charge in [-0.05, 0) is 18.8 Å². The van der Waals surface area contributed by atoms with Crippen LogP contribution >= 0.6 is 0 Å². The fourth-order valence-corrected chi connectivity index (χ4v) is 1.35. The van der Waals surface area contributed by atoms with Crippen LogP contribution in [0.1, 0.15) is 31.4 Å². The van der Waals surface area contributed by atoms with E-state index in [4.69, 9.17) is 10.3 Å². The third kappa shape index (κ3) is 1.23. The number of nitrogen functional groups attached to an aromatic ring is 1. The Kier molecular flexibility index (Phi) is 1.37. The summed E-state index contributed by atoms with van der Waals surface area (Å²) >= 11 is 0. The fourth-order valence-electron chi connectivity index (χ4n) is 1.35. The minimum atomic E-state index is 0.493. The van der Waals surface area contributed by atoms with Gasteiger partial charge in [0.25, 0.3) is 0 Å². The van der Waals surface area contributed by atoms with Crippen LogP contribution in [0, 0.1) is 5.92 Å². The quantitative estimate of drug-likeness (QED) is 0.702. The Morgan fingerprint density at radius 2 is 2.45 bits per heavy atom. The Balaban J connectivity index is 2.14. The first-order valence-corrected chi connectivity index (χ1v) is 3.99. The van der Waals surface area contributed by atoms with Crippen molar-refractivity contribution in [2.45, 2.75) is 25.7 Å². The zero-order chi connectivity index (χ0) is 7.84. The summed E-state index contributed by atoms with van der Waals surface area (Å²) in [6.07, 6.45) is 2.64. The minimum Gasteiger partial charge on any atom is -0.381 e. The molecule has 0 radical (unpaired) electrons. The predicted molar refractivity (Wildman–Crippen MR) is 42.1 cm³/mol. The second kappa shape index (κ2) is 2.26. The van der Waals surface area contributed by atoms with Crippen LogP contribution < -0.4 is 5.73 Å². The smallest absolute Gasteiger partial charge is 0.167 e. The maximum atomic E-state index is 5.43. The van der Waals surface area contributed by atoms with Crippen molar-refractivity contribution in [2.75, 3.05) is 5.73 Å². The number of nitrogens with zero attached hydrogens (tertiary/aromatic N) is 1. The lowest BCUT2D eigenvalue weighted by Gasteiger charge is -2.02. The lowest BCUT2D eigenvalue weighted by atomic mass is 10.0. The van der Waals surface area contributed by atoms with E-state index in [9.17, 15) is 0 Å². The molecule has 1 aromatic rings. The van der Waals surface area contributed by atoms with E-state index in [1.807, 2.05) is 6.07 Å². The van der Waals surface area contributed by atoms with Crippen LogP contribution in [0.2, 0.25) is 0 Å². The van der Waals surface area contributed by atoms with Crippen molar-refractivity contribution in [3.05, 3.63) is 11.8 Å². The van der Waals surface area contributed by atoms with E-state index < -0.39 is 0 Å². The highest BCUT2D eigenvalue weighted by atomic mass is 16.5. The normalized spacial score (nSPS) is 20.1. The molecule has 1 aliphatic carbocycles. The number of nitrogens with two attached hydrogens (primary N) is 1. The van der Waals surface area contributed by atoms with Crippen LogP contribution in [0.25, 0.3) is 0 Å². The summed E-state index contributed by atoms with van der Waals surface area (Å²) in [5.41, 5.74) is 5.43. The van der Waals surface area contributed by atoms with Gasteiger partial charge in [0.1, 0.15) is 5.76 Å². The molecule has 1 aliphatic rings. The molecule has 60 valence electrons. The molecule has 0 aromatic carbocycles. The van der Waals surface area contributed by atoms with E-state index in [0.29, 0.717) is 11.7 Å². The molecule has 0 amide bonds. The number of anilines is 1. The lowest BCUT2D eigenvalue weighted by molar-refractivity contribution is 0.357. The summed E-state index contributed by atoms with van der Waals surface area (Å²) in [7, 11) is 0. The molecular formula is C8H12N2O. The highest BCUT2D eigenvalue weighted by molar-refractivity contribution is 5.28. The van der Waals surface area contributed by atoms with Gasteiger partial charge in [-0.25, -0.2) is 0 Å². The molecule has 0 aliphatic heterocycles. The van der Waals surface area contributed by atoms with Crippen molar-refractivity contribution < 1.29 is 4.52 Å². The van der Waals surface area contributed by atoms with E-state index in [2.05, 4.69) is 12.1 Å². The first kappa shape index (κ1) is 6.70. The fraction of sp³-hybridized carbons (Fsp3) is 0.625. The minimum absolute atomic E-state index is 0.493. The molecule has 0 bridgehead atoms. The van der Waals surface area contributed by atoms with Gasteiger partial charge in [0, 0.05) is 12.0 Å². The second-order valence-corrected chi connectivity index (χ2v) is 3.28. The van der Waals surface area contributed by atoms with Crippen molar-refractivity contribution in [3.8, 4) is 0 Å². The van der Waals surface area contributed by atoms with Gasteiger partial charge in [0.15, 0.2) is 5.82 Å². The highest BCUT2D eigenvalue weighted by Gasteiger charge is 2.31. The topological polar surface area (TPSA) is 52.0 Å². The summed E-state index contributed by atoms with van der Waals surface area (Å²) in [5.74, 6) is 2.74. The van der Waals surface area contributed by atoms with Crippen molar-refractivity contribution in [3.63, 3.8) is 0 Å². The van der Waals surface area contributed by atoms with Crippen molar-refractivity contribution in [1.29, 1.82) is 0 Å². The maximum absolute atomic E-state index is 5.43. The highest BCUT2D eigenvalue weighted by Crippen LogP contribution is 2.42. The molecule has 1 atom stereocenters. The molecule has 11 heavy (non-hydrogen) atoms. The summed E-state index contributed by atoms with van der Waals surface area (Å²) in [4.78, 5) is 0. The first-order valence-electron chi connectivity index (χ1n) is 3.99. The van der Waals surface area contributed by atoms with Crippen molar-refractivity contribution in [2.24, 2.45) is 5.92 Å². The Morgan fingerprint density at radius 3 is 2.91 bits per heavy atom. The molecule has 3 heteroatoms. The van der Waals surface area contributed by atoms with E-state index >= 15 is 0 Å². The Hall–Kier alpha value is -0.990. The van der Waals surface area contributed by atoms with E-state index in [-0.39, 0.29) is 0 Å². The van der Waals surface area contributed by atoms with Gasteiger partial charge in [-0.1, -0.05) is 12.1 Å². The molecular weight excluding hydrogens is 140 g/mol. The molecule has 0 spiro atoms. The second-order valence-electron chi connectivity index (χ2n) is 3.28. The largest absolute Gasteiger partial charge is 0.381 e. The van der Waals surface area contributed by atoms with Crippen LogP contribution in [-0.2, 0) is 0 Å². The summed E-state index contributed by atoms with van der Waals surface area (Å²) in [5, 5.41) is 3.65. The number of rotatable bonds is 2. The molecule has 1 aromatic heterocycles. The van der Waals surface area contributed by atoms with Gasteiger partial charge in [0.05, 0.1) is 0 Å². The molecule has 2 N–H and O–H groups in total. The van der Waals surface area contributed by atoms with E-state index in [1.54, 1.807) is 0 Å². The van der Waals surface area contributed by atoms with Gasteiger partial charge in [0.2, 0.25) is 0 Å². The van der Waals surface area contributed by atoms with Gasteiger partial charge in [-0.2, -0.15) is 0 Å². The van der Waals surface area contributed by atoms with Gasteiger partial charge >= 0.3 is 0 Å². The zero-order valence-corrected chi connectivity index (χ0v) is 6.58. The summed E-state index contributed by atoms with van der Waals surface area (Å²) in [6.45, 7) is 2.16. The Labute approximate surface area is 65.6 Å². The number of aromatic nitrogens is 1. The lowest BCUT2D eigenvalue weighted by Crippen LogP contribution is -1.92. The van der Waals surface area contributed by atoms with Gasteiger partial charge < -0.3 is 10.3 Å². The summed E-state index contributed by atoms with van der Waals surface area (Å²) < 4.78 is 5.05. The molecule has 2 rings (SSSR count). The molecule has 3 nitrogen and oxygen atoms in total. The third-order valence-electron chi connectivity index (χ3n) is 2.32. The third-order valence-corrected chi connectivity index (χ3v) is 2.32. The average Bonchev–Trinajstić information content (AvgIpc) is 2.74. The van der Waals surface area contributed by atoms with Crippen LogP contribution in [0.15, 0.2) is 10.6 Å². The molecule has 1 unspecified atom stereocenters. The van der Waals surface area contributed by atoms with Gasteiger partial charge in [-0.3, -0.25) is 0 Å². The maximum Gasteiger partial charge on any atom is 0.167 e. The van der Waals surface area contributed by atoms with Crippen LogP contribution in [-0.4, -0.2) is 5.16 Å². The van der Waals surface area contributed by atoms with Crippen LogP contribution in [0.5, 0.6) is 0 Å². The van der Waals surface area contributed by atoms with E-state index in [0.717, 1.165) is 11.7 Å². The predicted octanol–water partition coefficient (Wildman–Crippen LogP) is 1.77. The zero-order valence-electron chi connectivity index (χ0n) is 6.58. The molecule has 1 heterocycles. The Morgan fingerprint density at radius 1 is 1.73 bits per heavy atom. The van der Waals surface area contributed by atoms with Crippen LogP contribution in [0.3, 0.4) is 0 Å². The van der Waals surface area contributed by atoms with Gasteiger partial charge in [-0.15, -0.1) is 0 Å². The van der Waals surface area contributed by atoms with Crippen LogP contribution in [0.4, 0.5) is 5.82 Å². The SMILES string of the molecule is CC(c1cc(N)no1)C1CC1. The molecule has 1 saturated carbocycles. The number of hydrogen-bond donors (Lipinski definition) is 1. The van der Waals surface area contributed by atoms with Crippen molar-refractivity contribution in [1.82, 2.24) is 5.16 Å². The molecule has 1 fully saturated rings. The van der Waals surface area contributed by atoms with Crippen molar-refractivity contribution >= 4 is 5.82 Å². The number of hydrogen-bond acceptors (Lipinski definition) is 3.